The summed E-state index contributed by atoms with van der Waals surface area (Å²) in [6, 6.07) is 2.71. The standard InChI is InChI=1S/C20H23F4N5O2/c1-19(2-3-19)31-15-6-11-13(7-12(15)21)27-28-18(11)14-8-17(26-10-25-14)29-4-5-30-16(9-29)20(22,23)24/h6-8,16,18,25,27-28H,2-5,9-10H2,1H3/t16?,18-/m1/s1. The van der Waals surface area contributed by atoms with Gasteiger partial charge in [0.2, 0.25) is 0 Å². The molecule has 168 valence electrons. The van der Waals surface area contributed by atoms with E-state index >= 15 is 0 Å². The van der Waals surface area contributed by atoms with Gasteiger partial charge in [0, 0.05) is 29.9 Å². The number of morpholine rings is 1. The number of fused-ring (bicyclic) bond motifs is 1. The Kier molecular flexibility index (Phi) is 4.78. The van der Waals surface area contributed by atoms with E-state index in [0.717, 1.165) is 24.1 Å². The molecule has 1 saturated heterocycles. The van der Waals surface area contributed by atoms with Crippen LogP contribution in [0.1, 0.15) is 31.4 Å². The van der Waals surface area contributed by atoms with Crippen LogP contribution in [0.4, 0.5) is 23.2 Å². The number of aliphatic imine (C=N–C) groups is 1. The Morgan fingerprint density at radius 3 is 2.84 bits per heavy atom. The summed E-state index contributed by atoms with van der Waals surface area (Å²) in [6.07, 6.45) is -2.77. The summed E-state index contributed by atoms with van der Waals surface area (Å²) in [6.45, 7) is 2.17. The van der Waals surface area contributed by atoms with Crippen molar-refractivity contribution in [2.45, 2.75) is 43.7 Å². The van der Waals surface area contributed by atoms with Crippen molar-refractivity contribution in [1.82, 2.24) is 15.6 Å². The summed E-state index contributed by atoms with van der Waals surface area (Å²) in [5.74, 6) is 0.215. The van der Waals surface area contributed by atoms with Gasteiger partial charge in [0.15, 0.2) is 17.7 Å². The Hall–Kier alpha value is -2.53. The van der Waals surface area contributed by atoms with Crippen LogP contribution in [0.15, 0.2) is 28.9 Å². The fourth-order valence-corrected chi connectivity index (χ4v) is 3.89. The third-order valence-corrected chi connectivity index (χ3v) is 5.95. The number of hydrazine groups is 1. The summed E-state index contributed by atoms with van der Waals surface area (Å²) in [5.41, 5.74) is 7.85. The zero-order valence-electron chi connectivity index (χ0n) is 16.9. The van der Waals surface area contributed by atoms with E-state index in [-0.39, 0.29) is 37.2 Å². The Bertz CT molecular complexity index is 944. The third kappa shape index (κ3) is 4.03. The average molecular weight is 441 g/mol. The van der Waals surface area contributed by atoms with E-state index in [1.54, 1.807) is 17.0 Å². The largest absolute Gasteiger partial charge is 0.484 e. The number of rotatable bonds is 3. The number of nitrogens with zero attached hydrogens (tertiary/aromatic N) is 2. The van der Waals surface area contributed by atoms with Gasteiger partial charge in [-0.15, -0.1) is 0 Å². The topological polar surface area (TPSA) is 70.2 Å². The molecule has 11 heteroatoms. The molecule has 3 aliphatic heterocycles. The molecule has 2 fully saturated rings. The lowest BCUT2D eigenvalue weighted by molar-refractivity contribution is -0.232. The molecule has 7 nitrogen and oxygen atoms in total. The number of benzene rings is 1. The van der Waals surface area contributed by atoms with E-state index < -0.39 is 18.1 Å². The van der Waals surface area contributed by atoms with Crippen molar-refractivity contribution in [1.29, 1.82) is 0 Å². The van der Waals surface area contributed by atoms with Gasteiger partial charge in [-0.05, 0) is 25.8 Å². The predicted octanol–water partition coefficient (Wildman–Crippen LogP) is 2.83. The third-order valence-electron chi connectivity index (χ3n) is 5.95. The molecule has 0 radical (unpaired) electrons. The van der Waals surface area contributed by atoms with E-state index in [9.17, 15) is 17.6 Å². The van der Waals surface area contributed by atoms with Crippen molar-refractivity contribution in [3.05, 3.63) is 35.3 Å². The molecule has 1 aromatic carbocycles. The van der Waals surface area contributed by atoms with Crippen molar-refractivity contribution < 1.29 is 27.0 Å². The van der Waals surface area contributed by atoms with Crippen LogP contribution >= 0.6 is 0 Å². The van der Waals surface area contributed by atoms with E-state index in [0.29, 0.717) is 18.1 Å². The van der Waals surface area contributed by atoms with Gasteiger partial charge in [-0.25, -0.2) is 14.8 Å². The molecular formula is C20H23F4N5O2. The van der Waals surface area contributed by atoms with Crippen LogP contribution in [0.25, 0.3) is 0 Å². The lowest BCUT2D eigenvalue weighted by Gasteiger charge is -2.36. The van der Waals surface area contributed by atoms with E-state index in [1.165, 1.54) is 6.07 Å². The lowest BCUT2D eigenvalue weighted by Crippen LogP contribution is -2.51. The smallest absolute Gasteiger partial charge is 0.416 e. The van der Waals surface area contributed by atoms with Gasteiger partial charge in [0.1, 0.15) is 18.1 Å². The van der Waals surface area contributed by atoms with Gasteiger partial charge >= 0.3 is 6.18 Å². The molecule has 5 rings (SSSR count). The number of anilines is 1. The summed E-state index contributed by atoms with van der Waals surface area (Å²) in [4.78, 5) is 5.92. The second-order valence-electron chi connectivity index (χ2n) is 8.42. The van der Waals surface area contributed by atoms with Gasteiger partial charge in [-0.2, -0.15) is 13.2 Å². The minimum atomic E-state index is -4.42. The molecule has 4 aliphatic rings. The molecule has 0 spiro atoms. The SMILES string of the molecule is CC1(Oc2cc3c(cc2F)NN[C@H]3C2=CC(N3CCOC(C(F)(F)F)C3)=NCN2)CC1. The normalized spacial score (nSPS) is 26.9. The van der Waals surface area contributed by atoms with Crippen molar-refractivity contribution in [2.24, 2.45) is 4.99 Å². The summed E-state index contributed by atoms with van der Waals surface area (Å²) in [5, 5.41) is 3.16. The Morgan fingerprint density at radius 1 is 1.29 bits per heavy atom. The molecule has 3 heterocycles. The van der Waals surface area contributed by atoms with Gasteiger partial charge < -0.3 is 25.1 Å². The molecule has 2 atom stereocenters. The van der Waals surface area contributed by atoms with Crippen LogP contribution in [-0.2, 0) is 4.74 Å². The zero-order valence-corrected chi connectivity index (χ0v) is 16.9. The van der Waals surface area contributed by atoms with E-state index in [1.807, 2.05) is 6.92 Å². The Morgan fingerprint density at radius 2 is 2.10 bits per heavy atom. The number of ether oxygens (including phenoxy) is 2. The summed E-state index contributed by atoms with van der Waals surface area (Å²) >= 11 is 0. The molecule has 1 unspecified atom stereocenters. The van der Waals surface area contributed by atoms with E-state index in [4.69, 9.17) is 9.47 Å². The Balaban J connectivity index is 1.37. The highest BCUT2D eigenvalue weighted by Gasteiger charge is 2.44. The first kappa shape index (κ1) is 20.4. The first-order valence-electron chi connectivity index (χ1n) is 10.2. The minimum absolute atomic E-state index is 0.0232. The molecule has 0 amide bonds. The zero-order chi connectivity index (χ0) is 21.8. The first-order valence-corrected chi connectivity index (χ1v) is 10.2. The van der Waals surface area contributed by atoms with Crippen molar-refractivity contribution in [2.75, 3.05) is 31.8 Å². The average Bonchev–Trinajstić information content (AvgIpc) is 3.33. The van der Waals surface area contributed by atoms with Crippen LogP contribution in [-0.4, -0.2) is 55.0 Å². The fourth-order valence-electron chi connectivity index (χ4n) is 3.89. The second kappa shape index (κ2) is 7.27. The van der Waals surface area contributed by atoms with Gasteiger partial charge in [0.25, 0.3) is 0 Å². The van der Waals surface area contributed by atoms with Gasteiger partial charge in [-0.3, -0.25) is 0 Å². The molecule has 0 aromatic heterocycles. The van der Waals surface area contributed by atoms with Crippen LogP contribution < -0.4 is 20.9 Å². The molecule has 1 saturated carbocycles. The van der Waals surface area contributed by atoms with Gasteiger partial charge in [0.05, 0.1) is 24.9 Å². The van der Waals surface area contributed by atoms with Crippen LogP contribution in [0.3, 0.4) is 0 Å². The van der Waals surface area contributed by atoms with E-state index in [2.05, 4.69) is 21.2 Å². The maximum absolute atomic E-state index is 14.5. The highest BCUT2D eigenvalue weighted by molar-refractivity contribution is 5.94. The Labute approximate surface area is 176 Å². The second-order valence-corrected chi connectivity index (χ2v) is 8.42. The molecule has 0 bridgehead atoms. The maximum Gasteiger partial charge on any atom is 0.416 e. The van der Waals surface area contributed by atoms with Crippen LogP contribution in [0.2, 0.25) is 0 Å². The van der Waals surface area contributed by atoms with Crippen molar-refractivity contribution in [3.8, 4) is 5.75 Å². The van der Waals surface area contributed by atoms with Crippen molar-refractivity contribution in [3.63, 3.8) is 0 Å². The molecule has 31 heavy (non-hydrogen) atoms. The molecule has 1 aliphatic carbocycles. The number of alkyl halides is 3. The monoisotopic (exact) mass is 441 g/mol. The highest BCUT2D eigenvalue weighted by Crippen LogP contribution is 2.43. The lowest BCUT2D eigenvalue weighted by atomic mass is 10.0. The number of amidine groups is 1. The van der Waals surface area contributed by atoms with Gasteiger partial charge in [-0.1, -0.05) is 0 Å². The molecule has 3 N–H and O–H groups in total. The van der Waals surface area contributed by atoms with Crippen molar-refractivity contribution >= 4 is 11.5 Å². The summed E-state index contributed by atoms with van der Waals surface area (Å²) in [7, 11) is 0. The number of halogens is 4. The maximum atomic E-state index is 14.5. The van der Waals surface area contributed by atoms with Crippen LogP contribution in [0, 0.1) is 5.82 Å². The number of hydrogen-bond acceptors (Lipinski definition) is 7. The number of hydrogen-bond donors (Lipinski definition) is 3. The quantitative estimate of drug-likeness (QED) is 0.627. The first-order chi connectivity index (χ1) is 14.7. The van der Waals surface area contributed by atoms with Crippen LogP contribution in [0.5, 0.6) is 5.75 Å². The fraction of sp³-hybridized carbons (Fsp3) is 0.550. The predicted molar refractivity (Wildman–Crippen MR) is 105 cm³/mol. The molecular weight excluding hydrogens is 418 g/mol. The number of nitrogens with one attached hydrogen (secondary N) is 3. The molecule has 1 aromatic rings. The minimum Gasteiger partial charge on any atom is -0.484 e. The highest BCUT2D eigenvalue weighted by atomic mass is 19.4. The summed E-state index contributed by atoms with van der Waals surface area (Å²) < 4.78 is 64.4.